The van der Waals surface area contributed by atoms with Crippen molar-refractivity contribution in [1.82, 2.24) is 0 Å². The molecule has 4 nitrogen and oxygen atoms in total. The fourth-order valence-electron chi connectivity index (χ4n) is 1.03. The molecule has 0 spiro atoms. The summed E-state index contributed by atoms with van der Waals surface area (Å²) in [5.41, 5.74) is -5.21. The molecule has 0 saturated heterocycles. The van der Waals surface area contributed by atoms with E-state index in [1.807, 2.05) is 0 Å². The maximum atomic E-state index is 12.0. The Morgan fingerprint density at radius 2 is 1.82 bits per heavy atom. The Morgan fingerprint density at radius 1 is 1.24 bits per heavy atom. The van der Waals surface area contributed by atoms with Crippen molar-refractivity contribution in [2.45, 2.75) is 12.1 Å². The van der Waals surface area contributed by atoms with E-state index in [0.29, 0.717) is 0 Å². The molecule has 1 aromatic rings. The predicted molar refractivity (Wildman–Crippen MR) is 52.8 cm³/mol. The minimum atomic E-state index is -5.58. The molecule has 0 unspecified atom stereocenters. The molecule has 0 aliphatic rings. The van der Waals surface area contributed by atoms with Crippen LogP contribution in [0.1, 0.15) is 5.56 Å². The maximum Gasteiger partial charge on any atom is 0.523 e. The van der Waals surface area contributed by atoms with Gasteiger partial charge in [0, 0.05) is 5.56 Å². The number of benzene rings is 1. The van der Waals surface area contributed by atoms with Crippen molar-refractivity contribution in [2.75, 3.05) is 7.11 Å². The normalized spacial score (nSPS) is 12.5. The van der Waals surface area contributed by atoms with Gasteiger partial charge in [-0.15, -0.1) is 0 Å². The highest BCUT2D eigenvalue weighted by molar-refractivity contribution is 7.87. The lowest BCUT2D eigenvalue weighted by atomic mass is 10.2. The van der Waals surface area contributed by atoms with E-state index in [2.05, 4.69) is 4.18 Å². The van der Waals surface area contributed by atoms with Gasteiger partial charge in [0.15, 0.2) is 0 Å². The molecule has 1 aromatic carbocycles. The van der Waals surface area contributed by atoms with E-state index >= 15 is 0 Å². The number of ether oxygens (including phenoxy) is 1. The van der Waals surface area contributed by atoms with Crippen molar-refractivity contribution < 1.29 is 30.5 Å². The summed E-state index contributed by atoms with van der Waals surface area (Å²) < 4.78 is 65.9. The van der Waals surface area contributed by atoms with Crippen molar-refractivity contribution in [1.29, 1.82) is 0 Å². The van der Waals surface area contributed by atoms with Gasteiger partial charge < -0.3 is 4.74 Å². The fourth-order valence-corrected chi connectivity index (χ4v) is 1.45. The Morgan fingerprint density at radius 3 is 2.35 bits per heavy atom. The smallest absolute Gasteiger partial charge is 0.496 e. The lowest BCUT2D eigenvalue weighted by molar-refractivity contribution is -0.0548. The summed E-state index contributed by atoms with van der Waals surface area (Å²) in [5.74, 6) is 0.255. The summed E-state index contributed by atoms with van der Waals surface area (Å²) in [6, 6.07) is 6.02. The first kappa shape index (κ1) is 13.8. The zero-order valence-corrected chi connectivity index (χ0v) is 9.51. The van der Waals surface area contributed by atoms with Gasteiger partial charge in [0.1, 0.15) is 5.75 Å². The first-order chi connectivity index (χ1) is 7.78. The van der Waals surface area contributed by atoms with Gasteiger partial charge in [0.2, 0.25) is 0 Å². The van der Waals surface area contributed by atoms with Crippen molar-refractivity contribution in [3.8, 4) is 5.75 Å². The Hall–Kier alpha value is -1.28. The molecule has 1 rings (SSSR count). The number of alkyl halides is 3. The molecule has 0 aliphatic carbocycles. The monoisotopic (exact) mass is 270 g/mol. The molecule has 0 radical (unpaired) electrons. The number of hydrogen-bond acceptors (Lipinski definition) is 4. The molecular weight excluding hydrogens is 261 g/mol. The van der Waals surface area contributed by atoms with Crippen molar-refractivity contribution in [3.05, 3.63) is 29.8 Å². The van der Waals surface area contributed by atoms with E-state index in [9.17, 15) is 21.6 Å². The summed E-state index contributed by atoms with van der Waals surface area (Å²) in [6.45, 7) is -0.730. The molecule has 17 heavy (non-hydrogen) atoms. The average Bonchev–Trinajstić information content (AvgIpc) is 2.25. The molecule has 0 heterocycles. The second-order valence-corrected chi connectivity index (χ2v) is 4.58. The first-order valence-corrected chi connectivity index (χ1v) is 5.76. The van der Waals surface area contributed by atoms with Gasteiger partial charge >= 0.3 is 15.6 Å². The summed E-state index contributed by atoms with van der Waals surface area (Å²) in [4.78, 5) is 0. The van der Waals surface area contributed by atoms with E-state index in [-0.39, 0.29) is 11.3 Å². The van der Waals surface area contributed by atoms with E-state index in [4.69, 9.17) is 4.74 Å². The molecule has 0 amide bonds. The van der Waals surface area contributed by atoms with Crippen LogP contribution in [0.15, 0.2) is 24.3 Å². The van der Waals surface area contributed by atoms with E-state index < -0.39 is 22.2 Å². The number of rotatable bonds is 4. The molecule has 96 valence electrons. The molecule has 0 fully saturated rings. The van der Waals surface area contributed by atoms with Crippen LogP contribution in [0.3, 0.4) is 0 Å². The summed E-state index contributed by atoms with van der Waals surface area (Å²) in [7, 11) is -4.26. The molecule has 0 atom stereocenters. The van der Waals surface area contributed by atoms with Crippen molar-refractivity contribution in [3.63, 3.8) is 0 Å². The lowest BCUT2D eigenvalue weighted by Crippen LogP contribution is -2.25. The van der Waals surface area contributed by atoms with Crippen molar-refractivity contribution >= 4 is 10.1 Å². The van der Waals surface area contributed by atoms with E-state index in [0.717, 1.165) is 0 Å². The van der Waals surface area contributed by atoms with E-state index in [1.54, 1.807) is 6.07 Å². The molecule has 0 bridgehead atoms. The Labute approximate surface area is 96.1 Å². The minimum absolute atomic E-state index is 0.211. The zero-order valence-electron chi connectivity index (χ0n) is 8.69. The van der Waals surface area contributed by atoms with Gasteiger partial charge in [-0.1, -0.05) is 18.2 Å². The third-order valence-electron chi connectivity index (χ3n) is 1.85. The topological polar surface area (TPSA) is 52.6 Å². The Kier molecular flexibility index (Phi) is 3.99. The van der Waals surface area contributed by atoms with Gasteiger partial charge in [-0.25, -0.2) is 0 Å². The van der Waals surface area contributed by atoms with Crippen LogP contribution in [0.25, 0.3) is 0 Å². The highest BCUT2D eigenvalue weighted by atomic mass is 32.2. The lowest BCUT2D eigenvalue weighted by Gasteiger charge is -2.10. The quantitative estimate of drug-likeness (QED) is 0.620. The van der Waals surface area contributed by atoms with Crippen LogP contribution in [-0.4, -0.2) is 21.0 Å². The summed E-state index contributed by atoms with van der Waals surface area (Å²) >= 11 is 0. The Balaban J connectivity index is 2.82. The van der Waals surface area contributed by atoms with Crippen LogP contribution in [-0.2, 0) is 20.9 Å². The van der Waals surface area contributed by atoms with Crippen LogP contribution >= 0.6 is 0 Å². The van der Waals surface area contributed by atoms with E-state index in [1.165, 1.54) is 25.3 Å². The average molecular weight is 270 g/mol. The fraction of sp³-hybridized carbons (Fsp3) is 0.333. The first-order valence-electron chi connectivity index (χ1n) is 4.35. The van der Waals surface area contributed by atoms with Gasteiger partial charge in [0.25, 0.3) is 0 Å². The van der Waals surface area contributed by atoms with Gasteiger partial charge in [-0.05, 0) is 6.07 Å². The third-order valence-corrected chi connectivity index (χ3v) is 2.84. The van der Waals surface area contributed by atoms with Crippen molar-refractivity contribution in [2.24, 2.45) is 0 Å². The molecule has 8 heteroatoms. The van der Waals surface area contributed by atoms with Crippen LogP contribution in [0.4, 0.5) is 13.2 Å². The summed E-state index contributed by atoms with van der Waals surface area (Å²) in [5, 5.41) is 0. The highest BCUT2D eigenvalue weighted by Crippen LogP contribution is 2.27. The molecule has 0 aromatic heterocycles. The highest BCUT2D eigenvalue weighted by Gasteiger charge is 2.47. The van der Waals surface area contributed by atoms with Crippen LogP contribution in [0.2, 0.25) is 0 Å². The SMILES string of the molecule is COc1ccccc1COS(=O)(=O)C(F)(F)F. The molecule has 0 aliphatic heterocycles. The molecule has 0 N–H and O–H groups in total. The van der Waals surface area contributed by atoms with Gasteiger partial charge in [0.05, 0.1) is 13.7 Å². The van der Waals surface area contributed by atoms with Crippen LogP contribution < -0.4 is 4.74 Å². The summed E-state index contributed by atoms with van der Waals surface area (Å²) in [6.07, 6.45) is 0. The number of hydrogen-bond donors (Lipinski definition) is 0. The Bertz CT molecular complexity index is 481. The van der Waals surface area contributed by atoms with Crippen LogP contribution in [0.5, 0.6) is 5.75 Å². The molecule has 0 saturated carbocycles. The zero-order chi connectivity index (χ0) is 13.1. The second kappa shape index (κ2) is 4.92. The predicted octanol–water partition coefficient (Wildman–Crippen LogP) is 2.06. The standard InChI is InChI=1S/C9H9F3O4S/c1-15-8-5-3-2-4-7(8)6-16-17(13,14)9(10,11)12/h2-5H,6H2,1H3. The van der Waals surface area contributed by atoms with Gasteiger partial charge in [-0.2, -0.15) is 21.6 Å². The van der Waals surface area contributed by atoms with Crippen LogP contribution in [0, 0.1) is 0 Å². The largest absolute Gasteiger partial charge is 0.523 e. The minimum Gasteiger partial charge on any atom is -0.496 e. The third kappa shape index (κ3) is 3.34. The van der Waals surface area contributed by atoms with Gasteiger partial charge in [-0.3, -0.25) is 4.18 Å². The second-order valence-electron chi connectivity index (χ2n) is 2.97. The number of para-hydroxylation sites is 1. The molecular formula is C9H9F3O4S. The number of methoxy groups -OCH3 is 1. The maximum absolute atomic E-state index is 12.0. The number of halogens is 3.